The molecule has 2 aromatic rings. The van der Waals surface area contributed by atoms with Crippen LogP contribution in [0.25, 0.3) is 6.08 Å². The second-order valence-corrected chi connectivity index (χ2v) is 9.52. The van der Waals surface area contributed by atoms with Crippen molar-refractivity contribution in [2.75, 3.05) is 45.2 Å². The Morgan fingerprint density at radius 3 is 2.38 bits per heavy atom. The van der Waals surface area contributed by atoms with Crippen molar-refractivity contribution in [3.05, 3.63) is 64.6 Å². The number of carbonyl (C=O) groups excluding carboxylic acids is 3. The van der Waals surface area contributed by atoms with Gasteiger partial charge in [-0.15, -0.1) is 0 Å². The molecule has 0 aromatic heterocycles. The second-order valence-electron chi connectivity index (χ2n) is 8.14. The Balaban J connectivity index is 1.47. The number of hydrogen-bond donors (Lipinski definition) is 1. The van der Waals surface area contributed by atoms with Gasteiger partial charge >= 0.3 is 5.97 Å². The van der Waals surface area contributed by atoms with Crippen molar-refractivity contribution in [2.45, 2.75) is 20.3 Å². The molecule has 8 nitrogen and oxygen atoms in total. The molecule has 2 aromatic carbocycles. The van der Waals surface area contributed by atoms with E-state index in [1.807, 2.05) is 30.3 Å². The minimum atomic E-state index is -0.401. The molecule has 0 aliphatic carbocycles. The van der Waals surface area contributed by atoms with E-state index < -0.39 is 5.97 Å². The van der Waals surface area contributed by atoms with E-state index in [9.17, 15) is 14.4 Å². The fourth-order valence-electron chi connectivity index (χ4n) is 3.56. The van der Waals surface area contributed by atoms with E-state index in [4.69, 9.17) is 21.7 Å². The van der Waals surface area contributed by atoms with Crippen LogP contribution in [0.4, 0.5) is 10.5 Å². The lowest BCUT2D eigenvalue weighted by atomic mass is 10.2. The van der Waals surface area contributed by atoms with E-state index in [1.54, 1.807) is 31.4 Å². The van der Waals surface area contributed by atoms with Gasteiger partial charge < -0.3 is 19.7 Å². The number of ether oxygens (including phenoxy) is 2. The SMILES string of the molecule is CCN(CC)CCOC(=O)c1ccc(NC(=O)CCN2C(=O)SC(=Cc3ccc(OC)cc3)C2=S)cc1. The van der Waals surface area contributed by atoms with E-state index >= 15 is 0 Å². The zero-order valence-electron chi connectivity index (χ0n) is 21.2. The maximum atomic E-state index is 12.5. The van der Waals surface area contributed by atoms with Crippen LogP contribution in [0.1, 0.15) is 36.2 Å². The molecular weight excluding hydrogens is 510 g/mol. The lowest BCUT2D eigenvalue weighted by molar-refractivity contribution is -0.116. The number of likely N-dealkylation sites (N-methyl/N-ethyl adjacent to an activating group) is 1. The molecule has 1 N–H and O–H groups in total. The van der Waals surface area contributed by atoms with E-state index in [-0.39, 0.29) is 24.1 Å². The normalized spacial score (nSPS) is 14.4. The number of esters is 1. The van der Waals surface area contributed by atoms with Crippen molar-refractivity contribution in [3.8, 4) is 5.75 Å². The largest absolute Gasteiger partial charge is 0.497 e. The van der Waals surface area contributed by atoms with Gasteiger partial charge in [-0.25, -0.2) is 4.79 Å². The summed E-state index contributed by atoms with van der Waals surface area (Å²) in [7, 11) is 1.60. The Labute approximate surface area is 227 Å². The van der Waals surface area contributed by atoms with Gasteiger partial charge in [0.1, 0.15) is 17.3 Å². The number of nitrogens with zero attached hydrogens (tertiary/aromatic N) is 2. The third-order valence-electron chi connectivity index (χ3n) is 5.79. The Bertz CT molecular complexity index is 1150. The molecule has 0 saturated carbocycles. The van der Waals surface area contributed by atoms with Gasteiger partial charge in [-0.3, -0.25) is 14.5 Å². The zero-order chi connectivity index (χ0) is 26.8. The molecule has 0 radical (unpaired) electrons. The first-order chi connectivity index (χ1) is 17.8. The summed E-state index contributed by atoms with van der Waals surface area (Å²) in [4.78, 5) is 41.9. The van der Waals surface area contributed by atoms with Crippen LogP contribution in [0.3, 0.4) is 0 Å². The summed E-state index contributed by atoms with van der Waals surface area (Å²) in [6, 6.07) is 14.0. The molecule has 2 amide bonds. The molecule has 1 heterocycles. The van der Waals surface area contributed by atoms with Crippen molar-refractivity contribution in [2.24, 2.45) is 0 Å². The van der Waals surface area contributed by atoms with Crippen LogP contribution in [0, 0.1) is 0 Å². The van der Waals surface area contributed by atoms with Gasteiger partial charge in [0.25, 0.3) is 5.24 Å². The first kappa shape index (κ1) is 28.4. The number of thiocarbonyl (C=S) groups is 1. The van der Waals surface area contributed by atoms with Gasteiger partial charge in [-0.2, -0.15) is 0 Å². The number of hydrogen-bond acceptors (Lipinski definition) is 8. The maximum Gasteiger partial charge on any atom is 0.338 e. The van der Waals surface area contributed by atoms with Crippen LogP contribution in [0.5, 0.6) is 5.75 Å². The van der Waals surface area contributed by atoms with Gasteiger partial charge in [-0.05, 0) is 72.9 Å². The van der Waals surface area contributed by atoms with E-state index in [0.29, 0.717) is 34.3 Å². The third-order valence-corrected chi connectivity index (χ3v) is 7.28. The highest BCUT2D eigenvalue weighted by Crippen LogP contribution is 2.33. The van der Waals surface area contributed by atoms with Crippen molar-refractivity contribution in [1.82, 2.24) is 9.80 Å². The topological polar surface area (TPSA) is 88.2 Å². The molecule has 0 unspecified atom stereocenters. The summed E-state index contributed by atoms with van der Waals surface area (Å²) in [6.45, 7) is 7.12. The Morgan fingerprint density at radius 1 is 1.08 bits per heavy atom. The first-order valence-corrected chi connectivity index (χ1v) is 13.3. The Kier molecular flexibility index (Phi) is 10.7. The van der Waals surface area contributed by atoms with Gasteiger partial charge in [0, 0.05) is 25.2 Å². The summed E-state index contributed by atoms with van der Waals surface area (Å²) in [6.07, 6.45) is 1.93. The van der Waals surface area contributed by atoms with E-state index in [2.05, 4.69) is 24.1 Å². The highest BCUT2D eigenvalue weighted by molar-refractivity contribution is 8.19. The highest BCUT2D eigenvalue weighted by Gasteiger charge is 2.31. The lowest BCUT2D eigenvalue weighted by Gasteiger charge is -2.17. The summed E-state index contributed by atoms with van der Waals surface area (Å²) < 4.78 is 10.5. The number of benzene rings is 2. The molecule has 1 fully saturated rings. The molecule has 37 heavy (non-hydrogen) atoms. The molecule has 0 spiro atoms. The van der Waals surface area contributed by atoms with Gasteiger partial charge in [0.05, 0.1) is 17.6 Å². The molecule has 0 bridgehead atoms. The lowest BCUT2D eigenvalue weighted by Crippen LogP contribution is -2.30. The van der Waals surface area contributed by atoms with Crippen LogP contribution >= 0.6 is 24.0 Å². The molecule has 196 valence electrons. The minimum absolute atomic E-state index is 0.0808. The van der Waals surface area contributed by atoms with Crippen molar-refractivity contribution < 1.29 is 23.9 Å². The number of nitrogens with one attached hydrogen (secondary N) is 1. The van der Waals surface area contributed by atoms with Crippen molar-refractivity contribution in [1.29, 1.82) is 0 Å². The predicted octanol–water partition coefficient (Wildman–Crippen LogP) is 5.06. The maximum absolute atomic E-state index is 12.5. The van der Waals surface area contributed by atoms with E-state index in [0.717, 1.165) is 36.2 Å². The summed E-state index contributed by atoms with van der Waals surface area (Å²) in [5.41, 5.74) is 1.86. The quantitative estimate of drug-likeness (QED) is 0.227. The highest BCUT2D eigenvalue weighted by atomic mass is 32.2. The average Bonchev–Trinajstić information content (AvgIpc) is 3.17. The van der Waals surface area contributed by atoms with E-state index in [1.165, 1.54) is 4.90 Å². The summed E-state index contributed by atoms with van der Waals surface area (Å²) in [5, 5.41) is 2.58. The number of thioether (sulfide) groups is 1. The third kappa shape index (κ3) is 8.14. The minimum Gasteiger partial charge on any atom is -0.497 e. The smallest absolute Gasteiger partial charge is 0.338 e. The van der Waals surface area contributed by atoms with Crippen molar-refractivity contribution in [3.63, 3.8) is 0 Å². The Morgan fingerprint density at radius 2 is 1.76 bits per heavy atom. The monoisotopic (exact) mass is 541 g/mol. The number of rotatable bonds is 12. The van der Waals surface area contributed by atoms with Crippen LogP contribution in [0.15, 0.2) is 53.4 Å². The summed E-state index contributed by atoms with van der Waals surface area (Å²) >= 11 is 6.53. The number of methoxy groups -OCH3 is 1. The van der Waals surface area contributed by atoms with Gasteiger partial charge in [-0.1, -0.05) is 38.2 Å². The predicted molar refractivity (Wildman–Crippen MR) is 151 cm³/mol. The Hall–Kier alpha value is -3.21. The molecule has 0 atom stereocenters. The van der Waals surface area contributed by atoms with Crippen LogP contribution < -0.4 is 10.1 Å². The molecular formula is C27H31N3O5S2. The number of carbonyl (C=O) groups is 3. The average molecular weight is 542 g/mol. The van der Waals surface area contributed by atoms with Gasteiger partial charge in [0.15, 0.2) is 0 Å². The number of anilines is 1. The molecule has 3 rings (SSSR count). The van der Waals surface area contributed by atoms with Crippen LogP contribution in [0.2, 0.25) is 0 Å². The fraction of sp³-hybridized carbons (Fsp3) is 0.333. The van der Waals surface area contributed by atoms with Gasteiger partial charge in [0.2, 0.25) is 5.91 Å². The fourth-order valence-corrected chi connectivity index (χ4v) is 4.85. The first-order valence-electron chi connectivity index (χ1n) is 12.0. The zero-order valence-corrected chi connectivity index (χ0v) is 22.8. The molecule has 1 aliphatic heterocycles. The summed E-state index contributed by atoms with van der Waals surface area (Å²) in [5.74, 6) is 0.0813. The van der Waals surface area contributed by atoms with Crippen LogP contribution in [-0.4, -0.2) is 71.8 Å². The molecule has 1 saturated heterocycles. The van der Waals surface area contributed by atoms with Crippen LogP contribution in [-0.2, 0) is 9.53 Å². The molecule has 10 heteroatoms. The second kappa shape index (κ2) is 13.9. The molecule has 1 aliphatic rings. The standard InChI is InChI=1S/C27H31N3O5S2/c1-4-29(5-2)16-17-35-26(32)20-8-10-21(11-9-20)28-24(31)14-15-30-25(36)23(37-27(30)33)18-19-6-12-22(34-3)13-7-19/h6-13,18H,4-5,14-17H2,1-3H3,(H,28,31). The number of amides is 2. The van der Waals surface area contributed by atoms with Crippen molar-refractivity contribution >= 4 is 57.8 Å².